The van der Waals surface area contributed by atoms with Gasteiger partial charge in [0.15, 0.2) is 0 Å². The average Bonchev–Trinajstić information content (AvgIpc) is 2.86. The van der Waals surface area contributed by atoms with Crippen LogP contribution in [0, 0.1) is 5.92 Å². The lowest BCUT2D eigenvalue weighted by atomic mass is 10.1. The van der Waals surface area contributed by atoms with Gasteiger partial charge in [-0.2, -0.15) is 0 Å². The van der Waals surface area contributed by atoms with Gasteiger partial charge >= 0.3 is 0 Å². The number of hydrogen-bond acceptors (Lipinski definition) is 2. The highest BCUT2D eigenvalue weighted by atomic mass is 16.2. The van der Waals surface area contributed by atoms with E-state index < -0.39 is 0 Å². The normalized spacial score (nSPS) is 20.7. The first kappa shape index (κ1) is 10.8. The highest BCUT2D eigenvalue weighted by Crippen LogP contribution is 2.33. The van der Waals surface area contributed by atoms with Crippen LogP contribution in [0.25, 0.3) is 0 Å². The fourth-order valence-electron chi connectivity index (χ4n) is 2.73. The van der Waals surface area contributed by atoms with Crippen LogP contribution < -0.4 is 0 Å². The molecule has 0 radical (unpaired) electrons. The number of hydrogen-bond donors (Lipinski definition) is 1. The van der Waals surface area contributed by atoms with Crippen molar-refractivity contribution >= 4 is 5.91 Å². The van der Waals surface area contributed by atoms with E-state index >= 15 is 0 Å². The second-order valence-corrected chi connectivity index (χ2v) is 5.21. The summed E-state index contributed by atoms with van der Waals surface area (Å²) in [6.07, 6.45) is 10.5. The number of carbonyl (C=O) groups is 1. The topological polar surface area (TPSA) is 49.0 Å². The summed E-state index contributed by atoms with van der Waals surface area (Å²) in [5, 5.41) is 0. The van der Waals surface area contributed by atoms with Crippen LogP contribution in [0.2, 0.25) is 0 Å². The van der Waals surface area contributed by atoms with Crippen LogP contribution in [0.3, 0.4) is 0 Å². The second kappa shape index (κ2) is 4.51. The SMILES string of the molecule is O=C(C1CCCC1)N(Cc1ncc[nH]1)C1CC1. The third-order valence-corrected chi connectivity index (χ3v) is 3.85. The van der Waals surface area contributed by atoms with Crippen LogP contribution >= 0.6 is 0 Å². The molecule has 1 amide bonds. The predicted octanol–water partition coefficient (Wildman–Crippen LogP) is 2.09. The summed E-state index contributed by atoms with van der Waals surface area (Å²) in [6, 6.07) is 0.480. The molecule has 2 aliphatic carbocycles. The van der Waals surface area contributed by atoms with E-state index in [4.69, 9.17) is 0 Å². The number of carbonyl (C=O) groups excluding carboxylic acids is 1. The van der Waals surface area contributed by atoms with E-state index in [2.05, 4.69) is 14.9 Å². The molecule has 1 aromatic heterocycles. The number of aromatic nitrogens is 2. The van der Waals surface area contributed by atoms with Gasteiger partial charge in [-0.3, -0.25) is 4.79 Å². The highest BCUT2D eigenvalue weighted by molar-refractivity contribution is 5.79. The van der Waals surface area contributed by atoms with Crippen molar-refractivity contribution in [1.82, 2.24) is 14.9 Å². The predicted molar refractivity (Wildman–Crippen MR) is 64.1 cm³/mol. The maximum Gasteiger partial charge on any atom is 0.226 e. The molecule has 1 heterocycles. The Bertz CT molecular complexity index is 377. The van der Waals surface area contributed by atoms with Crippen LogP contribution in [0.4, 0.5) is 0 Å². The lowest BCUT2D eigenvalue weighted by Crippen LogP contribution is -2.36. The Hall–Kier alpha value is -1.32. The van der Waals surface area contributed by atoms with Gasteiger partial charge in [0.05, 0.1) is 6.54 Å². The van der Waals surface area contributed by atoms with E-state index in [1.54, 1.807) is 6.20 Å². The van der Waals surface area contributed by atoms with Crippen molar-refractivity contribution in [3.05, 3.63) is 18.2 Å². The molecule has 0 aromatic carbocycles. The fourth-order valence-corrected chi connectivity index (χ4v) is 2.73. The number of imidazole rings is 1. The summed E-state index contributed by atoms with van der Waals surface area (Å²) in [7, 11) is 0. The fraction of sp³-hybridized carbons (Fsp3) is 0.692. The lowest BCUT2D eigenvalue weighted by molar-refractivity contribution is -0.136. The van der Waals surface area contributed by atoms with E-state index in [1.807, 2.05) is 6.20 Å². The summed E-state index contributed by atoms with van der Waals surface area (Å²) in [4.78, 5) is 21.8. The smallest absolute Gasteiger partial charge is 0.226 e. The van der Waals surface area contributed by atoms with Gasteiger partial charge in [-0.15, -0.1) is 0 Å². The summed E-state index contributed by atoms with van der Waals surface area (Å²) < 4.78 is 0. The monoisotopic (exact) mass is 233 g/mol. The minimum Gasteiger partial charge on any atom is -0.347 e. The second-order valence-electron chi connectivity index (χ2n) is 5.21. The van der Waals surface area contributed by atoms with Gasteiger partial charge in [-0.1, -0.05) is 12.8 Å². The third-order valence-electron chi connectivity index (χ3n) is 3.85. The molecule has 1 N–H and O–H groups in total. The molecular weight excluding hydrogens is 214 g/mol. The van der Waals surface area contributed by atoms with Crippen LogP contribution in [-0.2, 0) is 11.3 Å². The van der Waals surface area contributed by atoms with E-state index in [0.717, 1.165) is 18.7 Å². The van der Waals surface area contributed by atoms with Crippen molar-refractivity contribution in [2.45, 2.75) is 51.1 Å². The van der Waals surface area contributed by atoms with Crippen LogP contribution in [-0.4, -0.2) is 26.8 Å². The molecule has 17 heavy (non-hydrogen) atoms. The van der Waals surface area contributed by atoms with E-state index in [1.165, 1.54) is 25.7 Å². The van der Waals surface area contributed by atoms with Crippen molar-refractivity contribution in [2.75, 3.05) is 0 Å². The number of aromatic amines is 1. The zero-order chi connectivity index (χ0) is 11.7. The summed E-state index contributed by atoms with van der Waals surface area (Å²) >= 11 is 0. The standard InChI is InChI=1S/C13H19N3O/c17-13(10-3-1-2-4-10)16(11-5-6-11)9-12-14-7-8-15-12/h7-8,10-11H,1-6,9H2,(H,14,15). The first-order chi connectivity index (χ1) is 8.34. The van der Waals surface area contributed by atoms with Gasteiger partial charge < -0.3 is 9.88 Å². The van der Waals surface area contributed by atoms with Gasteiger partial charge in [0.25, 0.3) is 0 Å². The molecule has 2 aliphatic rings. The zero-order valence-electron chi connectivity index (χ0n) is 10.1. The number of nitrogens with zero attached hydrogens (tertiary/aromatic N) is 2. The van der Waals surface area contributed by atoms with Crippen molar-refractivity contribution in [1.29, 1.82) is 0 Å². The average molecular weight is 233 g/mol. The molecular formula is C13H19N3O. The summed E-state index contributed by atoms with van der Waals surface area (Å²) in [6.45, 7) is 0.660. The van der Waals surface area contributed by atoms with Gasteiger partial charge in [0, 0.05) is 24.4 Å². The van der Waals surface area contributed by atoms with Gasteiger partial charge in [-0.25, -0.2) is 4.98 Å². The summed E-state index contributed by atoms with van der Waals surface area (Å²) in [5.74, 6) is 1.55. The van der Waals surface area contributed by atoms with Crippen molar-refractivity contribution in [3.8, 4) is 0 Å². The Balaban J connectivity index is 1.68. The molecule has 4 heteroatoms. The molecule has 2 saturated carbocycles. The molecule has 0 saturated heterocycles. The first-order valence-corrected chi connectivity index (χ1v) is 6.63. The van der Waals surface area contributed by atoms with Gasteiger partial charge in [0.2, 0.25) is 5.91 Å². The minimum atomic E-state index is 0.283. The molecule has 2 fully saturated rings. The van der Waals surface area contributed by atoms with Crippen LogP contribution in [0.1, 0.15) is 44.3 Å². The largest absolute Gasteiger partial charge is 0.347 e. The molecule has 0 aliphatic heterocycles. The highest BCUT2D eigenvalue weighted by Gasteiger charge is 2.36. The number of nitrogens with one attached hydrogen (secondary N) is 1. The number of amides is 1. The van der Waals surface area contributed by atoms with Crippen molar-refractivity contribution in [2.24, 2.45) is 5.92 Å². The van der Waals surface area contributed by atoms with Gasteiger partial charge in [-0.05, 0) is 25.7 Å². The first-order valence-electron chi connectivity index (χ1n) is 6.63. The molecule has 0 spiro atoms. The molecule has 3 rings (SSSR count). The molecule has 0 atom stereocenters. The van der Waals surface area contributed by atoms with E-state index in [-0.39, 0.29) is 5.92 Å². The van der Waals surface area contributed by atoms with Crippen LogP contribution in [0.5, 0.6) is 0 Å². The molecule has 92 valence electrons. The Kier molecular flexibility index (Phi) is 2.87. The summed E-state index contributed by atoms with van der Waals surface area (Å²) in [5.41, 5.74) is 0. The van der Waals surface area contributed by atoms with E-state index in [0.29, 0.717) is 18.5 Å². The Morgan fingerprint density at radius 3 is 2.71 bits per heavy atom. The number of rotatable bonds is 4. The Morgan fingerprint density at radius 1 is 1.35 bits per heavy atom. The van der Waals surface area contributed by atoms with Crippen molar-refractivity contribution < 1.29 is 4.79 Å². The molecule has 0 unspecified atom stereocenters. The van der Waals surface area contributed by atoms with Crippen molar-refractivity contribution in [3.63, 3.8) is 0 Å². The maximum atomic E-state index is 12.4. The third kappa shape index (κ3) is 2.35. The number of H-pyrrole nitrogens is 1. The molecule has 0 bridgehead atoms. The van der Waals surface area contributed by atoms with Gasteiger partial charge in [0.1, 0.15) is 5.82 Å². The Labute approximate surface area is 101 Å². The quantitative estimate of drug-likeness (QED) is 0.865. The lowest BCUT2D eigenvalue weighted by Gasteiger charge is -2.24. The minimum absolute atomic E-state index is 0.283. The molecule has 4 nitrogen and oxygen atoms in total. The van der Waals surface area contributed by atoms with E-state index in [9.17, 15) is 4.79 Å². The maximum absolute atomic E-state index is 12.4. The Morgan fingerprint density at radius 2 is 2.12 bits per heavy atom. The molecule has 1 aromatic rings. The zero-order valence-corrected chi connectivity index (χ0v) is 10.1. The van der Waals surface area contributed by atoms with Crippen LogP contribution in [0.15, 0.2) is 12.4 Å².